The number of nitrogen functional groups attached to an aromatic ring is 1. The van der Waals surface area contributed by atoms with Gasteiger partial charge in [-0.3, -0.25) is 0 Å². The minimum atomic E-state index is 0.459. The maximum Gasteiger partial charge on any atom is 0.152 e. The smallest absolute Gasteiger partial charge is 0.152 e. The largest absolute Gasteiger partial charge is 0.396 e. The molecule has 0 saturated carbocycles. The lowest BCUT2D eigenvalue weighted by Gasteiger charge is -2.06. The second-order valence-corrected chi connectivity index (χ2v) is 3.89. The van der Waals surface area contributed by atoms with E-state index in [0.29, 0.717) is 10.8 Å². The number of pyridine rings is 1. The molecule has 2 nitrogen and oxygen atoms in total. The molecule has 0 unspecified atom stereocenters. The van der Waals surface area contributed by atoms with Gasteiger partial charge in [0.2, 0.25) is 0 Å². The van der Waals surface area contributed by atoms with Crippen LogP contribution in [0.3, 0.4) is 0 Å². The lowest BCUT2D eigenvalue weighted by Crippen LogP contribution is -1.99. The van der Waals surface area contributed by atoms with E-state index >= 15 is 0 Å². The molecular weight excluding hydrogens is 184 g/mol. The summed E-state index contributed by atoms with van der Waals surface area (Å²) in [6, 6.07) is 1.98. The van der Waals surface area contributed by atoms with Gasteiger partial charge in [0, 0.05) is 5.69 Å². The Labute approximate surface area is 83.1 Å². The molecule has 2 rings (SSSR count). The van der Waals surface area contributed by atoms with Crippen LogP contribution in [0.1, 0.15) is 30.5 Å². The van der Waals surface area contributed by atoms with E-state index < -0.39 is 0 Å². The zero-order chi connectivity index (χ0) is 9.26. The summed E-state index contributed by atoms with van der Waals surface area (Å²) in [5, 5.41) is 0.459. The molecule has 2 N–H and O–H groups in total. The third-order valence-corrected chi connectivity index (χ3v) is 2.83. The van der Waals surface area contributed by atoms with Crippen LogP contribution in [0.2, 0.25) is 5.15 Å². The first-order chi connectivity index (χ1) is 6.27. The fraction of sp³-hybridized carbons (Fsp3) is 0.500. The molecule has 0 fully saturated rings. The average molecular weight is 197 g/mol. The number of nitrogens with two attached hydrogens (primary N) is 1. The van der Waals surface area contributed by atoms with Gasteiger partial charge in [0.1, 0.15) is 0 Å². The Morgan fingerprint density at radius 2 is 2.00 bits per heavy atom. The van der Waals surface area contributed by atoms with E-state index in [1.165, 1.54) is 24.8 Å². The van der Waals surface area contributed by atoms with Gasteiger partial charge in [-0.25, -0.2) is 4.98 Å². The topological polar surface area (TPSA) is 38.9 Å². The van der Waals surface area contributed by atoms with Gasteiger partial charge in [0.25, 0.3) is 0 Å². The molecule has 13 heavy (non-hydrogen) atoms. The second kappa shape index (κ2) is 3.54. The monoisotopic (exact) mass is 196 g/mol. The molecule has 1 aliphatic carbocycles. The Balaban J connectivity index is 2.43. The molecule has 0 aliphatic heterocycles. The molecule has 0 amide bonds. The molecule has 1 aliphatic rings. The minimum Gasteiger partial charge on any atom is -0.396 e. The van der Waals surface area contributed by atoms with Crippen molar-refractivity contribution in [3.8, 4) is 0 Å². The highest BCUT2D eigenvalue weighted by Gasteiger charge is 2.11. The Morgan fingerprint density at radius 1 is 1.23 bits per heavy atom. The maximum absolute atomic E-state index is 5.86. The van der Waals surface area contributed by atoms with Crippen molar-refractivity contribution in [1.82, 2.24) is 4.98 Å². The molecule has 3 heteroatoms. The molecule has 0 bridgehead atoms. The van der Waals surface area contributed by atoms with Crippen molar-refractivity contribution >= 4 is 17.3 Å². The number of aromatic nitrogens is 1. The second-order valence-electron chi connectivity index (χ2n) is 3.53. The number of rotatable bonds is 0. The summed E-state index contributed by atoms with van der Waals surface area (Å²) in [5.41, 5.74) is 8.75. The summed E-state index contributed by atoms with van der Waals surface area (Å²) in [6.45, 7) is 0. The molecule has 0 spiro atoms. The molecule has 0 aromatic carbocycles. The van der Waals surface area contributed by atoms with Gasteiger partial charge >= 0.3 is 0 Å². The van der Waals surface area contributed by atoms with Gasteiger partial charge in [-0.15, -0.1) is 0 Å². The fourth-order valence-electron chi connectivity index (χ4n) is 1.80. The fourth-order valence-corrected chi connectivity index (χ4v) is 1.96. The summed E-state index contributed by atoms with van der Waals surface area (Å²) in [4.78, 5) is 4.31. The van der Waals surface area contributed by atoms with Crippen molar-refractivity contribution < 1.29 is 0 Å². The Kier molecular flexibility index (Phi) is 2.40. The van der Waals surface area contributed by atoms with Crippen molar-refractivity contribution in [3.63, 3.8) is 0 Å². The van der Waals surface area contributed by atoms with Gasteiger partial charge in [-0.2, -0.15) is 0 Å². The van der Waals surface area contributed by atoms with Crippen LogP contribution in [0, 0.1) is 0 Å². The molecule has 0 saturated heterocycles. The Hall–Kier alpha value is -0.760. The number of aryl methyl sites for hydroxylation is 2. The zero-order valence-corrected chi connectivity index (χ0v) is 8.27. The van der Waals surface area contributed by atoms with E-state index in [0.717, 1.165) is 18.5 Å². The SMILES string of the molecule is Nc1cc2c(nc1Cl)CCCCC2. The first kappa shape index (κ1) is 8.82. The number of hydrogen-bond donors (Lipinski definition) is 1. The predicted molar refractivity (Wildman–Crippen MR) is 54.9 cm³/mol. The number of fused-ring (bicyclic) bond motifs is 1. The predicted octanol–water partition coefficient (Wildman–Crippen LogP) is 2.59. The molecule has 1 aromatic rings. The maximum atomic E-state index is 5.86. The molecule has 0 radical (unpaired) electrons. The van der Waals surface area contributed by atoms with Crippen LogP contribution in [0.4, 0.5) is 5.69 Å². The first-order valence-corrected chi connectivity index (χ1v) is 5.09. The van der Waals surface area contributed by atoms with Crippen LogP contribution in [0.15, 0.2) is 6.07 Å². The summed E-state index contributed by atoms with van der Waals surface area (Å²) in [6.07, 6.45) is 5.91. The van der Waals surface area contributed by atoms with Crippen molar-refractivity contribution in [2.75, 3.05) is 5.73 Å². The molecule has 70 valence electrons. The highest BCUT2D eigenvalue weighted by atomic mass is 35.5. The number of hydrogen-bond acceptors (Lipinski definition) is 2. The molecular formula is C10H13ClN2. The zero-order valence-electron chi connectivity index (χ0n) is 7.52. The number of anilines is 1. The Bertz CT molecular complexity index is 292. The van der Waals surface area contributed by atoms with Crippen LogP contribution < -0.4 is 5.73 Å². The third-order valence-electron chi connectivity index (χ3n) is 2.53. The summed E-state index contributed by atoms with van der Waals surface area (Å²) < 4.78 is 0. The van der Waals surface area contributed by atoms with E-state index in [-0.39, 0.29) is 0 Å². The van der Waals surface area contributed by atoms with Crippen LogP contribution in [0.25, 0.3) is 0 Å². The van der Waals surface area contributed by atoms with Crippen LogP contribution in [0.5, 0.6) is 0 Å². The summed E-state index contributed by atoms with van der Waals surface area (Å²) in [7, 11) is 0. The highest BCUT2D eigenvalue weighted by molar-refractivity contribution is 6.31. The first-order valence-electron chi connectivity index (χ1n) is 4.71. The minimum absolute atomic E-state index is 0.459. The van der Waals surface area contributed by atoms with Crippen molar-refractivity contribution in [1.29, 1.82) is 0 Å². The van der Waals surface area contributed by atoms with Crippen LogP contribution in [-0.4, -0.2) is 4.98 Å². The van der Waals surface area contributed by atoms with Gasteiger partial charge < -0.3 is 5.73 Å². The highest BCUT2D eigenvalue weighted by Crippen LogP contribution is 2.25. The van der Waals surface area contributed by atoms with Crippen molar-refractivity contribution in [2.45, 2.75) is 32.1 Å². The molecule has 1 heterocycles. The quantitative estimate of drug-likeness (QED) is 0.512. The summed E-state index contributed by atoms with van der Waals surface area (Å²) in [5.74, 6) is 0. The van der Waals surface area contributed by atoms with E-state index in [1.54, 1.807) is 0 Å². The third kappa shape index (κ3) is 1.78. The molecule has 0 atom stereocenters. The van der Waals surface area contributed by atoms with Gasteiger partial charge in [0.15, 0.2) is 5.15 Å². The van der Waals surface area contributed by atoms with E-state index in [9.17, 15) is 0 Å². The van der Waals surface area contributed by atoms with Gasteiger partial charge in [-0.05, 0) is 37.3 Å². The lowest BCUT2D eigenvalue weighted by molar-refractivity contribution is 0.708. The summed E-state index contributed by atoms with van der Waals surface area (Å²) >= 11 is 5.86. The average Bonchev–Trinajstić information content (AvgIpc) is 2.31. The van der Waals surface area contributed by atoms with Crippen LogP contribution in [-0.2, 0) is 12.8 Å². The van der Waals surface area contributed by atoms with Crippen LogP contribution >= 0.6 is 11.6 Å². The molecule has 1 aromatic heterocycles. The number of nitrogens with zero attached hydrogens (tertiary/aromatic N) is 1. The lowest BCUT2D eigenvalue weighted by atomic mass is 10.1. The van der Waals surface area contributed by atoms with Crippen molar-refractivity contribution in [2.24, 2.45) is 0 Å². The number of halogens is 1. The van der Waals surface area contributed by atoms with E-state index in [2.05, 4.69) is 4.98 Å². The van der Waals surface area contributed by atoms with Gasteiger partial charge in [0.05, 0.1) is 5.69 Å². The van der Waals surface area contributed by atoms with E-state index in [4.69, 9.17) is 17.3 Å². The van der Waals surface area contributed by atoms with Gasteiger partial charge in [-0.1, -0.05) is 18.0 Å². The standard InChI is InChI=1S/C10H13ClN2/c11-10-8(12)6-7-4-2-1-3-5-9(7)13-10/h6H,1-5,12H2. The normalized spacial score (nSPS) is 16.4. The Morgan fingerprint density at radius 3 is 2.85 bits per heavy atom. The van der Waals surface area contributed by atoms with Crippen molar-refractivity contribution in [3.05, 3.63) is 22.5 Å². The van der Waals surface area contributed by atoms with E-state index in [1.807, 2.05) is 6.07 Å².